The third-order valence-electron chi connectivity index (χ3n) is 3.34. The minimum Gasteiger partial charge on any atom is -0.451 e. The van der Waals surface area contributed by atoms with Gasteiger partial charge in [-0.2, -0.15) is 0 Å². The Morgan fingerprint density at radius 2 is 1.95 bits per heavy atom. The highest BCUT2D eigenvalue weighted by atomic mass is 16.3. The number of amides is 1. The zero-order valence-corrected chi connectivity index (χ0v) is 11.9. The number of hydrogen-bond donors (Lipinski definition) is 1. The number of pyridine rings is 1. The number of para-hydroxylation sites is 1. The molecular weight excluding hydrogens is 280 g/mol. The number of rotatable bonds is 3. The topological polar surface area (TPSA) is 72.2 Å². The van der Waals surface area contributed by atoms with E-state index in [9.17, 15) is 9.59 Å². The van der Waals surface area contributed by atoms with Crippen LogP contribution in [0.1, 0.15) is 29.2 Å². The number of benzene rings is 1. The van der Waals surface area contributed by atoms with Gasteiger partial charge in [0.05, 0.1) is 17.1 Å². The van der Waals surface area contributed by atoms with Crippen LogP contribution < -0.4 is 10.7 Å². The van der Waals surface area contributed by atoms with Crippen molar-refractivity contribution in [1.82, 2.24) is 10.3 Å². The third kappa shape index (κ3) is 2.74. The number of aromatic nitrogens is 1. The number of fused-ring (bicyclic) bond motifs is 1. The first-order chi connectivity index (χ1) is 10.6. The standard InChI is InChI=1S/C17H14N2O3/c1-11(13-7-4-5-9-18-13)19-17(21)16-10-14(20)12-6-2-3-8-15(12)22-16/h2-11H,1H3,(H,19,21)/t11-/m0/s1. The SMILES string of the molecule is C[C@H](NC(=O)c1cc(=O)c2ccccc2o1)c1ccccn1. The maximum Gasteiger partial charge on any atom is 0.287 e. The van der Waals surface area contributed by atoms with Gasteiger partial charge in [-0.25, -0.2) is 0 Å². The zero-order chi connectivity index (χ0) is 15.5. The molecule has 110 valence electrons. The van der Waals surface area contributed by atoms with Gasteiger partial charge in [-0.3, -0.25) is 14.6 Å². The fraction of sp³-hybridized carbons (Fsp3) is 0.118. The normalized spacial score (nSPS) is 12.0. The van der Waals surface area contributed by atoms with E-state index in [2.05, 4.69) is 10.3 Å². The van der Waals surface area contributed by atoms with Crippen LogP contribution >= 0.6 is 0 Å². The second kappa shape index (κ2) is 5.81. The lowest BCUT2D eigenvalue weighted by molar-refractivity contribution is 0.0911. The number of nitrogens with one attached hydrogen (secondary N) is 1. The minimum absolute atomic E-state index is 0.00789. The molecule has 2 aromatic heterocycles. The molecule has 0 fully saturated rings. The van der Waals surface area contributed by atoms with Crippen molar-refractivity contribution in [2.45, 2.75) is 13.0 Å². The molecule has 0 radical (unpaired) electrons. The highest BCUT2D eigenvalue weighted by molar-refractivity contribution is 5.93. The fourth-order valence-corrected chi connectivity index (χ4v) is 2.19. The Balaban J connectivity index is 1.88. The molecule has 0 aliphatic rings. The minimum atomic E-state index is -0.444. The van der Waals surface area contributed by atoms with Crippen LogP contribution in [0.25, 0.3) is 11.0 Å². The molecule has 0 aliphatic carbocycles. The molecule has 0 saturated heterocycles. The van der Waals surface area contributed by atoms with Crippen molar-refractivity contribution >= 4 is 16.9 Å². The van der Waals surface area contributed by atoms with Gasteiger partial charge in [0.15, 0.2) is 11.2 Å². The lowest BCUT2D eigenvalue weighted by Crippen LogP contribution is -2.27. The molecule has 3 rings (SSSR count). The summed E-state index contributed by atoms with van der Waals surface area (Å²) in [4.78, 5) is 28.4. The van der Waals surface area contributed by atoms with E-state index < -0.39 is 5.91 Å². The van der Waals surface area contributed by atoms with Crippen molar-refractivity contribution in [2.24, 2.45) is 0 Å². The second-order valence-corrected chi connectivity index (χ2v) is 4.92. The molecule has 1 N–H and O–H groups in total. The molecule has 5 nitrogen and oxygen atoms in total. The zero-order valence-electron chi connectivity index (χ0n) is 11.9. The summed E-state index contributed by atoms with van der Waals surface area (Å²) < 4.78 is 5.51. The average Bonchev–Trinajstić information content (AvgIpc) is 2.55. The Labute approximate surface area is 126 Å². The maximum absolute atomic E-state index is 12.3. The summed E-state index contributed by atoms with van der Waals surface area (Å²) in [5.41, 5.74) is 0.891. The van der Waals surface area contributed by atoms with Crippen LogP contribution in [0.15, 0.2) is 63.9 Å². The summed E-state index contributed by atoms with van der Waals surface area (Å²) in [7, 11) is 0. The molecule has 22 heavy (non-hydrogen) atoms. The molecule has 5 heteroatoms. The van der Waals surface area contributed by atoms with Gasteiger partial charge in [0.2, 0.25) is 0 Å². The van der Waals surface area contributed by atoms with E-state index in [1.165, 1.54) is 6.07 Å². The maximum atomic E-state index is 12.3. The van der Waals surface area contributed by atoms with Crippen LogP contribution in [0.5, 0.6) is 0 Å². The Morgan fingerprint density at radius 3 is 2.73 bits per heavy atom. The Bertz CT molecular complexity index is 872. The highest BCUT2D eigenvalue weighted by Crippen LogP contribution is 2.13. The van der Waals surface area contributed by atoms with Gasteiger partial charge >= 0.3 is 0 Å². The second-order valence-electron chi connectivity index (χ2n) is 4.92. The molecule has 1 atom stereocenters. The molecule has 1 aromatic carbocycles. The van der Waals surface area contributed by atoms with Crippen LogP contribution in [-0.2, 0) is 0 Å². The number of hydrogen-bond acceptors (Lipinski definition) is 4. The van der Waals surface area contributed by atoms with Gasteiger partial charge in [0, 0.05) is 12.3 Å². The molecule has 2 heterocycles. The molecule has 0 bridgehead atoms. The Kier molecular flexibility index (Phi) is 3.70. The molecular formula is C17H14N2O3. The van der Waals surface area contributed by atoms with Gasteiger partial charge in [-0.05, 0) is 31.2 Å². The molecule has 1 amide bonds. The largest absolute Gasteiger partial charge is 0.451 e. The third-order valence-corrected chi connectivity index (χ3v) is 3.34. The van der Waals surface area contributed by atoms with Crippen LogP contribution in [0.2, 0.25) is 0 Å². The summed E-state index contributed by atoms with van der Waals surface area (Å²) >= 11 is 0. The first-order valence-corrected chi connectivity index (χ1v) is 6.90. The summed E-state index contributed by atoms with van der Waals surface area (Å²) in [6.45, 7) is 1.82. The smallest absolute Gasteiger partial charge is 0.287 e. The lowest BCUT2D eigenvalue weighted by atomic mass is 10.2. The van der Waals surface area contributed by atoms with Gasteiger partial charge in [0.1, 0.15) is 5.58 Å². The molecule has 0 aliphatic heterocycles. The number of carbonyl (C=O) groups excluding carboxylic acids is 1. The van der Waals surface area contributed by atoms with Crippen molar-refractivity contribution in [3.05, 3.63) is 76.4 Å². The molecule has 0 unspecified atom stereocenters. The monoisotopic (exact) mass is 294 g/mol. The lowest BCUT2D eigenvalue weighted by Gasteiger charge is -2.12. The van der Waals surface area contributed by atoms with Crippen molar-refractivity contribution < 1.29 is 9.21 Å². The van der Waals surface area contributed by atoms with E-state index in [1.54, 1.807) is 36.5 Å². The predicted octanol–water partition coefficient (Wildman–Crippen LogP) is 2.68. The van der Waals surface area contributed by atoms with E-state index in [4.69, 9.17) is 4.42 Å². The number of nitrogens with zero attached hydrogens (tertiary/aromatic N) is 1. The summed E-state index contributed by atoms with van der Waals surface area (Å²) in [6, 6.07) is 13.2. The highest BCUT2D eigenvalue weighted by Gasteiger charge is 2.16. The quantitative estimate of drug-likeness (QED) is 0.806. The van der Waals surface area contributed by atoms with E-state index in [0.29, 0.717) is 11.0 Å². The van der Waals surface area contributed by atoms with E-state index in [-0.39, 0.29) is 17.2 Å². The molecule has 0 spiro atoms. The van der Waals surface area contributed by atoms with Gasteiger partial charge < -0.3 is 9.73 Å². The van der Waals surface area contributed by atoms with Crippen molar-refractivity contribution in [2.75, 3.05) is 0 Å². The van der Waals surface area contributed by atoms with E-state index >= 15 is 0 Å². The van der Waals surface area contributed by atoms with Crippen LogP contribution in [0, 0.1) is 0 Å². The van der Waals surface area contributed by atoms with Crippen LogP contribution in [0.4, 0.5) is 0 Å². The summed E-state index contributed by atoms with van der Waals surface area (Å²) in [5, 5.41) is 3.23. The first kappa shape index (κ1) is 14.0. The average molecular weight is 294 g/mol. The first-order valence-electron chi connectivity index (χ1n) is 6.90. The van der Waals surface area contributed by atoms with Crippen molar-refractivity contribution in [3.8, 4) is 0 Å². The molecule has 0 saturated carbocycles. The fourth-order valence-electron chi connectivity index (χ4n) is 2.19. The summed E-state index contributed by atoms with van der Waals surface area (Å²) in [6.07, 6.45) is 1.66. The predicted molar refractivity (Wildman–Crippen MR) is 82.6 cm³/mol. The van der Waals surface area contributed by atoms with Gasteiger partial charge in [0.25, 0.3) is 5.91 Å². The molecule has 3 aromatic rings. The van der Waals surface area contributed by atoms with Crippen molar-refractivity contribution in [1.29, 1.82) is 0 Å². The summed E-state index contributed by atoms with van der Waals surface area (Å²) in [5.74, 6) is -0.451. The van der Waals surface area contributed by atoms with Crippen LogP contribution in [-0.4, -0.2) is 10.9 Å². The van der Waals surface area contributed by atoms with Gasteiger partial charge in [-0.1, -0.05) is 18.2 Å². The van der Waals surface area contributed by atoms with Crippen LogP contribution in [0.3, 0.4) is 0 Å². The van der Waals surface area contributed by atoms with E-state index in [0.717, 1.165) is 5.69 Å². The number of carbonyl (C=O) groups is 1. The Hall–Kier alpha value is -2.95. The van der Waals surface area contributed by atoms with Crippen molar-refractivity contribution in [3.63, 3.8) is 0 Å². The van der Waals surface area contributed by atoms with E-state index in [1.807, 2.05) is 19.1 Å². The van der Waals surface area contributed by atoms with Gasteiger partial charge in [-0.15, -0.1) is 0 Å². The Morgan fingerprint density at radius 1 is 1.18 bits per heavy atom.